The normalized spacial score (nSPS) is 11.9. The molecule has 0 radical (unpaired) electrons. The zero-order chi connectivity index (χ0) is 21.1. The maximum atomic E-state index is 12.8. The van der Waals surface area contributed by atoms with Gasteiger partial charge in [0.1, 0.15) is 12.3 Å². The predicted octanol–water partition coefficient (Wildman–Crippen LogP) is 4.02. The van der Waals surface area contributed by atoms with E-state index < -0.39 is 5.97 Å². The summed E-state index contributed by atoms with van der Waals surface area (Å²) in [5.41, 5.74) is 3.47. The van der Waals surface area contributed by atoms with Crippen LogP contribution in [0.3, 0.4) is 0 Å². The third kappa shape index (κ3) is 4.74. The number of nitrogens with zero attached hydrogens (tertiary/aromatic N) is 2. The molecule has 0 atom stereocenters. The van der Waals surface area contributed by atoms with E-state index in [9.17, 15) is 9.59 Å². The molecular formula is C22H24N2O4S. The second-order valence-corrected chi connectivity index (χ2v) is 8.09. The van der Waals surface area contributed by atoms with Crippen LogP contribution in [0.4, 0.5) is 0 Å². The Balaban J connectivity index is 2.06. The molecule has 0 N–H and O–H groups in total. The van der Waals surface area contributed by atoms with Gasteiger partial charge in [0.05, 0.1) is 23.4 Å². The summed E-state index contributed by atoms with van der Waals surface area (Å²) in [6, 6.07) is 11.0. The number of carbonyl (C=O) groups excluding carboxylic acids is 2. The van der Waals surface area contributed by atoms with Crippen LogP contribution in [0.5, 0.6) is 5.75 Å². The number of ether oxygens (including phenoxy) is 2. The third-order valence-corrected chi connectivity index (χ3v) is 5.32. The maximum absolute atomic E-state index is 12.8. The number of fused-ring (bicyclic) bond motifs is 1. The fourth-order valence-corrected chi connectivity index (χ4v) is 4.32. The van der Waals surface area contributed by atoms with E-state index in [0.717, 1.165) is 21.3 Å². The fraction of sp³-hybridized carbons (Fsp3) is 0.318. The zero-order valence-electron chi connectivity index (χ0n) is 17.2. The average Bonchev–Trinajstić information content (AvgIpc) is 2.98. The first-order valence-electron chi connectivity index (χ1n) is 9.31. The number of hydrogen-bond donors (Lipinski definition) is 0. The molecule has 0 aliphatic rings. The van der Waals surface area contributed by atoms with E-state index >= 15 is 0 Å². The highest BCUT2D eigenvalue weighted by molar-refractivity contribution is 7.16. The van der Waals surface area contributed by atoms with Gasteiger partial charge in [0, 0.05) is 5.56 Å². The molecule has 3 aromatic rings. The van der Waals surface area contributed by atoms with Crippen LogP contribution in [0.2, 0.25) is 0 Å². The molecule has 2 aromatic carbocycles. The first-order chi connectivity index (χ1) is 13.8. The van der Waals surface area contributed by atoms with Gasteiger partial charge in [-0.05, 0) is 69.2 Å². The molecule has 0 saturated carbocycles. The van der Waals surface area contributed by atoms with Gasteiger partial charge in [-0.3, -0.25) is 9.59 Å². The van der Waals surface area contributed by atoms with Gasteiger partial charge in [0.15, 0.2) is 4.80 Å². The topological polar surface area (TPSA) is 69.9 Å². The Kier molecular flexibility index (Phi) is 6.17. The van der Waals surface area contributed by atoms with E-state index in [2.05, 4.69) is 4.99 Å². The highest BCUT2D eigenvalue weighted by Crippen LogP contribution is 2.23. The summed E-state index contributed by atoms with van der Waals surface area (Å²) < 4.78 is 13.2. The highest BCUT2D eigenvalue weighted by atomic mass is 32.1. The minimum Gasteiger partial charge on any atom is -0.491 e. The van der Waals surface area contributed by atoms with E-state index in [0.29, 0.717) is 16.1 Å². The Morgan fingerprint density at radius 3 is 2.45 bits per heavy atom. The predicted molar refractivity (Wildman–Crippen MR) is 113 cm³/mol. The number of aryl methyl sites for hydroxylation is 2. The SMILES string of the molecule is COC(=O)Cn1c(=NC(=O)c2ccc(OC(C)C)cc2)sc2cc(C)cc(C)c21. The van der Waals surface area contributed by atoms with E-state index in [1.54, 1.807) is 28.8 Å². The lowest BCUT2D eigenvalue weighted by molar-refractivity contribution is -0.141. The van der Waals surface area contributed by atoms with Crippen LogP contribution in [-0.2, 0) is 16.1 Å². The van der Waals surface area contributed by atoms with Crippen LogP contribution in [-0.4, -0.2) is 29.7 Å². The van der Waals surface area contributed by atoms with Gasteiger partial charge in [-0.25, -0.2) is 0 Å². The Bertz CT molecular complexity index is 1120. The first kappa shape index (κ1) is 20.8. The van der Waals surface area contributed by atoms with E-state index in [4.69, 9.17) is 9.47 Å². The first-order valence-corrected chi connectivity index (χ1v) is 10.1. The van der Waals surface area contributed by atoms with Gasteiger partial charge >= 0.3 is 5.97 Å². The molecule has 6 nitrogen and oxygen atoms in total. The largest absolute Gasteiger partial charge is 0.491 e. The number of esters is 1. The van der Waals surface area contributed by atoms with Gasteiger partial charge in [-0.15, -0.1) is 0 Å². The monoisotopic (exact) mass is 412 g/mol. The van der Waals surface area contributed by atoms with Crippen molar-refractivity contribution in [3.05, 3.63) is 57.9 Å². The van der Waals surface area contributed by atoms with E-state index in [1.165, 1.54) is 18.4 Å². The number of rotatable bonds is 5. The second kappa shape index (κ2) is 8.61. The average molecular weight is 413 g/mol. The minimum absolute atomic E-state index is 0.00627. The molecule has 29 heavy (non-hydrogen) atoms. The van der Waals surface area contributed by atoms with Crippen molar-refractivity contribution in [3.63, 3.8) is 0 Å². The van der Waals surface area contributed by atoms with Crippen molar-refractivity contribution < 1.29 is 19.1 Å². The highest BCUT2D eigenvalue weighted by Gasteiger charge is 2.14. The van der Waals surface area contributed by atoms with Crippen molar-refractivity contribution in [1.29, 1.82) is 0 Å². The van der Waals surface area contributed by atoms with Crippen LogP contribution >= 0.6 is 11.3 Å². The lowest BCUT2D eigenvalue weighted by atomic mass is 10.1. The van der Waals surface area contributed by atoms with E-state index in [-0.39, 0.29) is 18.6 Å². The third-order valence-electron chi connectivity index (χ3n) is 4.30. The molecule has 1 aromatic heterocycles. The molecule has 3 rings (SSSR count). The minimum atomic E-state index is -0.395. The fourth-order valence-electron chi connectivity index (χ4n) is 3.12. The standard InChI is InChI=1S/C22H24N2O4S/c1-13(2)28-17-8-6-16(7-9-17)21(26)23-22-24(12-19(25)27-5)20-15(4)10-14(3)11-18(20)29-22/h6-11,13H,12H2,1-5H3. The molecule has 0 bridgehead atoms. The number of carbonyl (C=O) groups is 2. The summed E-state index contributed by atoms with van der Waals surface area (Å²) >= 11 is 1.38. The molecule has 7 heteroatoms. The van der Waals surface area contributed by atoms with Gasteiger partial charge in [-0.2, -0.15) is 4.99 Å². The Morgan fingerprint density at radius 2 is 1.83 bits per heavy atom. The van der Waals surface area contributed by atoms with Gasteiger partial charge < -0.3 is 14.0 Å². The van der Waals surface area contributed by atoms with Crippen LogP contribution in [0.25, 0.3) is 10.2 Å². The summed E-state index contributed by atoms with van der Waals surface area (Å²) in [4.78, 5) is 29.5. The Morgan fingerprint density at radius 1 is 1.14 bits per heavy atom. The molecule has 0 fully saturated rings. The lowest BCUT2D eigenvalue weighted by Gasteiger charge is -2.09. The second-order valence-electron chi connectivity index (χ2n) is 7.08. The summed E-state index contributed by atoms with van der Waals surface area (Å²) in [5.74, 6) is -0.0697. The molecule has 0 aliphatic carbocycles. The molecule has 1 heterocycles. The van der Waals surface area contributed by atoms with Crippen LogP contribution in [0, 0.1) is 13.8 Å². The molecular weight excluding hydrogens is 388 g/mol. The van der Waals surface area contributed by atoms with Gasteiger partial charge in [-0.1, -0.05) is 17.4 Å². The summed E-state index contributed by atoms with van der Waals surface area (Å²) in [6.45, 7) is 7.88. The zero-order valence-corrected chi connectivity index (χ0v) is 18.0. The van der Waals surface area contributed by atoms with Crippen molar-refractivity contribution >= 4 is 33.4 Å². The molecule has 0 spiro atoms. The number of benzene rings is 2. The quantitative estimate of drug-likeness (QED) is 0.594. The molecule has 0 unspecified atom stereocenters. The summed E-state index contributed by atoms with van der Waals surface area (Å²) in [5, 5.41) is 0. The number of thiazole rings is 1. The molecule has 0 aliphatic heterocycles. The van der Waals surface area contributed by atoms with Gasteiger partial charge in [0.25, 0.3) is 5.91 Å². The summed E-state index contributed by atoms with van der Waals surface area (Å²) in [7, 11) is 1.34. The van der Waals surface area contributed by atoms with E-state index in [1.807, 2.05) is 39.8 Å². The van der Waals surface area contributed by atoms with Crippen molar-refractivity contribution in [2.75, 3.05) is 7.11 Å². The molecule has 0 saturated heterocycles. The lowest BCUT2D eigenvalue weighted by Crippen LogP contribution is -2.22. The van der Waals surface area contributed by atoms with Crippen LogP contribution in [0.1, 0.15) is 35.3 Å². The molecule has 152 valence electrons. The smallest absolute Gasteiger partial charge is 0.325 e. The summed E-state index contributed by atoms with van der Waals surface area (Å²) in [6.07, 6.45) is 0.0590. The number of methoxy groups -OCH3 is 1. The Labute approximate surface area is 173 Å². The number of hydrogen-bond acceptors (Lipinski definition) is 5. The number of amides is 1. The van der Waals surface area contributed by atoms with Crippen LogP contribution in [0.15, 0.2) is 41.4 Å². The Hall–Kier alpha value is -2.93. The van der Waals surface area contributed by atoms with Crippen molar-refractivity contribution in [3.8, 4) is 5.75 Å². The molecule has 1 amide bonds. The van der Waals surface area contributed by atoms with Gasteiger partial charge in [0.2, 0.25) is 0 Å². The van der Waals surface area contributed by atoms with Crippen LogP contribution < -0.4 is 9.54 Å². The van der Waals surface area contributed by atoms with Crippen molar-refractivity contribution in [1.82, 2.24) is 4.57 Å². The number of aromatic nitrogens is 1. The van der Waals surface area contributed by atoms with Crippen molar-refractivity contribution in [2.24, 2.45) is 4.99 Å². The van der Waals surface area contributed by atoms with Crippen molar-refractivity contribution in [2.45, 2.75) is 40.3 Å². The maximum Gasteiger partial charge on any atom is 0.325 e.